The number of rotatable bonds is 15. The molecule has 0 aliphatic carbocycles. The summed E-state index contributed by atoms with van der Waals surface area (Å²) in [5.41, 5.74) is 11.6. The lowest BCUT2D eigenvalue weighted by Gasteiger charge is -2.24. The van der Waals surface area contributed by atoms with E-state index in [1.54, 1.807) is 44.2 Å². The summed E-state index contributed by atoms with van der Waals surface area (Å²) in [5, 5.41) is 26.2. The Morgan fingerprint density at radius 3 is 1.94 bits per heavy atom. The minimum Gasteiger partial charge on any atom is -0.480 e. The molecule has 1 rings (SSSR count). The SMILES string of the molecule is CC(C)CC(NC(=O)C(CO)NC(=O)C(Cc1ccccc1)NC(=O)C(N)CCC(N)=O)C(=O)O. The van der Waals surface area contributed by atoms with Gasteiger partial charge in [0, 0.05) is 12.8 Å². The van der Waals surface area contributed by atoms with Crippen molar-refractivity contribution in [1.29, 1.82) is 0 Å². The van der Waals surface area contributed by atoms with Gasteiger partial charge in [0.2, 0.25) is 23.6 Å². The van der Waals surface area contributed by atoms with Crippen LogP contribution in [0, 0.1) is 5.92 Å². The first-order valence-electron chi connectivity index (χ1n) is 11.3. The smallest absolute Gasteiger partial charge is 0.326 e. The number of amides is 4. The van der Waals surface area contributed by atoms with Gasteiger partial charge in [-0.05, 0) is 24.3 Å². The number of aliphatic hydroxyl groups excluding tert-OH is 1. The average molecular weight is 494 g/mol. The van der Waals surface area contributed by atoms with Crippen LogP contribution in [-0.2, 0) is 30.4 Å². The molecule has 0 heterocycles. The number of carboxylic acids is 1. The second-order valence-corrected chi connectivity index (χ2v) is 8.64. The van der Waals surface area contributed by atoms with Gasteiger partial charge in [-0.15, -0.1) is 0 Å². The number of hydrogen-bond donors (Lipinski definition) is 7. The Labute approximate surface area is 203 Å². The minimum absolute atomic E-state index is 0.0189. The standard InChI is InChI=1S/C23H35N5O7/c1-13(2)10-17(23(34)35)27-22(33)18(12-29)28-21(32)16(11-14-6-4-3-5-7-14)26-20(31)15(24)8-9-19(25)30/h3-7,13,15-18,29H,8-12,24H2,1-2H3,(H2,25,30)(H,26,31)(H,27,33)(H,28,32)(H,34,35). The van der Waals surface area contributed by atoms with Crippen LogP contribution in [0.1, 0.15) is 38.7 Å². The number of primary amides is 1. The van der Waals surface area contributed by atoms with E-state index in [1.165, 1.54) is 0 Å². The Kier molecular flexibility index (Phi) is 12.4. The third-order valence-electron chi connectivity index (χ3n) is 5.09. The Balaban J connectivity index is 2.97. The number of benzene rings is 1. The predicted octanol–water partition coefficient (Wildman–Crippen LogP) is -1.60. The van der Waals surface area contributed by atoms with Crippen molar-refractivity contribution in [2.24, 2.45) is 17.4 Å². The first-order valence-corrected chi connectivity index (χ1v) is 11.3. The molecular formula is C23H35N5O7. The topological polar surface area (TPSA) is 214 Å². The zero-order chi connectivity index (χ0) is 26.5. The largest absolute Gasteiger partial charge is 0.480 e. The van der Waals surface area contributed by atoms with Crippen LogP contribution in [-0.4, -0.2) is 70.6 Å². The zero-order valence-electron chi connectivity index (χ0n) is 19.9. The summed E-state index contributed by atoms with van der Waals surface area (Å²) in [6.07, 6.45) is 0.0713. The molecule has 12 heteroatoms. The van der Waals surface area contributed by atoms with Gasteiger partial charge in [-0.3, -0.25) is 19.2 Å². The van der Waals surface area contributed by atoms with E-state index in [0.29, 0.717) is 5.56 Å². The van der Waals surface area contributed by atoms with Crippen molar-refractivity contribution in [3.05, 3.63) is 35.9 Å². The molecule has 9 N–H and O–H groups in total. The summed E-state index contributed by atoms with van der Waals surface area (Å²) in [5.74, 6) is -4.25. The molecule has 0 fully saturated rings. The molecule has 0 saturated heterocycles. The van der Waals surface area contributed by atoms with Crippen molar-refractivity contribution < 1.29 is 34.2 Å². The van der Waals surface area contributed by atoms with Crippen LogP contribution in [0.2, 0.25) is 0 Å². The zero-order valence-corrected chi connectivity index (χ0v) is 19.9. The van der Waals surface area contributed by atoms with Crippen molar-refractivity contribution in [3.63, 3.8) is 0 Å². The average Bonchev–Trinajstić information content (AvgIpc) is 2.79. The Bertz CT molecular complexity index is 878. The van der Waals surface area contributed by atoms with Gasteiger partial charge < -0.3 is 37.6 Å². The Morgan fingerprint density at radius 2 is 1.43 bits per heavy atom. The molecule has 1 aromatic carbocycles. The number of carbonyl (C=O) groups is 5. The van der Waals surface area contributed by atoms with Crippen LogP contribution >= 0.6 is 0 Å². The van der Waals surface area contributed by atoms with E-state index in [-0.39, 0.29) is 31.6 Å². The molecule has 0 bridgehead atoms. The highest BCUT2D eigenvalue weighted by Gasteiger charge is 2.30. The van der Waals surface area contributed by atoms with Crippen LogP contribution in [0.4, 0.5) is 0 Å². The molecule has 4 atom stereocenters. The fraction of sp³-hybridized carbons (Fsp3) is 0.522. The maximum absolute atomic E-state index is 13.0. The number of nitrogens with two attached hydrogens (primary N) is 2. The maximum Gasteiger partial charge on any atom is 0.326 e. The number of hydrogen-bond acceptors (Lipinski definition) is 7. The number of aliphatic hydroxyl groups is 1. The molecule has 194 valence electrons. The number of carbonyl (C=O) groups excluding carboxylic acids is 4. The first-order chi connectivity index (χ1) is 16.4. The van der Waals surface area contributed by atoms with E-state index in [9.17, 15) is 34.2 Å². The van der Waals surface area contributed by atoms with Crippen LogP contribution < -0.4 is 27.4 Å². The molecule has 4 unspecified atom stereocenters. The molecule has 1 aromatic rings. The lowest BCUT2D eigenvalue weighted by Crippen LogP contribution is -2.58. The minimum atomic E-state index is -1.45. The molecule has 0 aliphatic heterocycles. The van der Waals surface area contributed by atoms with Crippen LogP contribution in [0.5, 0.6) is 0 Å². The van der Waals surface area contributed by atoms with Gasteiger partial charge in [0.05, 0.1) is 12.6 Å². The molecule has 0 saturated carbocycles. The maximum atomic E-state index is 13.0. The summed E-state index contributed by atoms with van der Waals surface area (Å²) in [6, 6.07) is 3.82. The van der Waals surface area contributed by atoms with Crippen molar-refractivity contribution in [3.8, 4) is 0 Å². The van der Waals surface area contributed by atoms with Gasteiger partial charge in [-0.2, -0.15) is 0 Å². The highest BCUT2D eigenvalue weighted by Crippen LogP contribution is 2.07. The van der Waals surface area contributed by atoms with Gasteiger partial charge >= 0.3 is 5.97 Å². The molecule has 4 amide bonds. The van der Waals surface area contributed by atoms with E-state index >= 15 is 0 Å². The summed E-state index contributed by atoms with van der Waals surface area (Å²) in [7, 11) is 0. The van der Waals surface area contributed by atoms with Crippen molar-refractivity contribution in [1.82, 2.24) is 16.0 Å². The summed E-state index contributed by atoms with van der Waals surface area (Å²) in [4.78, 5) is 60.5. The molecule has 0 aromatic heterocycles. The molecule has 0 radical (unpaired) electrons. The van der Waals surface area contributed by atoms with Gasteiger partial charge in [0.1, 0.15) is 18.1 Å². The van der Waals surface area contributed by atoms with Gasteiger partial charge in [-0.25, -0.2) is 4.79 Å². The van der Waals surface area contributed by atoms with Gasteiger partial charge in [0.15, 0.2) is 0 Å². The van der Waals surface area contributed by atoms with Crippen molar-refractivity contribution >= 4 is 29.6 Å². The third kappa shape index (κ3) is 11.0. The highest BCUT2D eigenvalue weighted by atomic mass is 16.4. The van der Waals surface area contributed by atoms with E-state index in [4.69, 9.17) is 11.5 Å². The van der Waals surface area contributed by atoms with E-state index < -0.39 is 60.4 Å². The molecule has 0 aliphatic rings. The monoisotopic (exact) mass is 493 g/mol. The van der Waals surface area contributed by atoms with Gasteiger partial charge in [0.25, 0.3) is 0 Å². The van der Waals surface area contributed by atoms with Crippen molar-refractivity contribution in [2.75, 3.05) is 6.61 Å². The number of aliphatic carboxylic acids is 1. The first kappa shape index (κ1) is 29.5. The van der Waals surface area contributed by atoms with E-state index in [1.807, 2.05) is 0 Å². The third-order valence-corrected chi connectivity index (χ3v) is 5.09. The van der Waals surface area contributed by atoms with Crippen molar-refractivity contribution in [2.45, 2.75) is 63.7 Å². The predicted molar refractivity (Wildman–Crippen MR) is 127 cm³/mol. The second kappa shape index (κ2) is 14.7. The quantitative estimate of drug-likeness (QED) is 0.151. The summed E-state index contributed by atoms with van der Waals surface area (Å²) >= 11 is 0. The molecule has 0 spiro atoms. The fourth-order valence-electron chi connectivity index (χ4n) is 3.20. The lowest BCUT2D eigenvalue weighted by molar-refractivity contribution is -0.143. The van der Waals surface area contributed by atoms with E-state index in [0.717, 1.165) is 0 Å². The van der Waals surface area contributed by atoms with Gasteiger partial charge in [-0.1, -0.05) is 44.2 Å². The van der Waals surface area contributed by atoms with E-state index in [2.05, 4.69) is 16.0 Å². The Morgan fingerprint density at radius 1 is 0.886 bits per heavy atom. The summed E-state index contributed by atoms with van der Waals surface area (Å²) in [6.45, 7) is 2.78. The van der Waals surface area contributed by atoms with Crippen LogP contribution in [0.25, 0.3) is 0 Å². The molecule has 12 nitrogen and oxygen atoms in total. The summed E-state index contributed by atoms with van der Waals surface area (Å²) < 4.78 is 0. The fourth-order valence-corrected chi connectivity index (χ4v) is 3.20. The normalized spacial score (nSPS) is 14.3. The molecular weight excluding hydrogens is 458 g/mol. The number of carboxylic acid groups (broad SMARTS) is 1. The second-order valence-electron chi connectivity index (χ2n) is 8.64. The van der Waals surface area contributed by atoms with Crippen LogP contribution in [0.15, 0.2) is 30.3 Å². The highest BCUT2D eigenvalue weighted by molar-refractivity contribution is 5.94. The van der Waals surface area contributed by atoms with Crippen LogP contribution in [0.3, 0.4) is 0 Å². The lowest BCUT2D eigenvalue weighted by atomic mass is 10.0. The number of nitrogens with one attached hydrogen (secondary N) is 3. The Hall–Kier alpha value is -3.51. The molecule has 35 heavy (non-hydrogen) atoms.